The van der Waals surface area contributed by atoms with E-state index in [1.807, 2.05) is 0 Å². The molecule has 0 aliphatic rings. The van der Waals surface area contributed by atoms with Crippen LogP contribution in [0.1, 0.15) is 0 Å². The Morgan fingerprint density at radius 1 is 0.976 bits per heavy atom. The lowest BCUT2D eigenvalue weighted by molar-refractivity contribution is -0.274. The van der Waals surface area contributed by atoms with Crippen molar-refractivity contribution in [2.24, 2.45) is 5.14 Å². The van der Waals surface area contributed by atoms with E-state index in [4.69, 9.17) is 16.7 Å². The van der Waals surface area contributed by atoms with Crippen LogP contribution >= 0.6 is 11.6 Å². The summed E-state index contributed by atoms with van der Waals surface area (Å²) in [5.41, 5.74) is 1.74. The zero-order chi connectivity index (χ0) is 29.8. The van der Waals surface area contributed by atoms with E-state index in [2.05, 4.69) is 30.7 Å². The lowest BCUT2D eigenvalue weighted by Gasteiger charge is -2.20. The predicted molar refractivity (Wildman–Crippen MR) is 148 cm³/mol. The summed E-state index contributed by atoms with van der Waals surface area (Å²) in [4.78, 5) is 22.5. The number of nitrogens with zero attached hydrogens (tertiary/aromatic N) is 3. The van der Waals surface area contributed by atoms with Gasteiger partial charge in [-0.3, -0.25) is 0 Å². The molecule has 0 saturated carbocycles. The lowest BCUT2D eigenvalue weighted by atomic mass is 10.2. The third kappa shape index (κ3) is 8.20. The van der Waals surface area contributed by atoms with Gasteiger partial charge in [0.15, 0.2) is 5.82 Å². The minimum Gasteiger partial charge on any atom is -0.406 e. The third-order valence-electron chi connectivity index (χ3n) is 5.32. The maximum Gasteiger partial charge on any atom is 0.573 e. The molecule has 2 amide bonds. The maximum atomic E-state index is 12.3. The predicted octanol–water partition coefficient (Wildman–Crippen LogP) is 5.83. The Bertz CT molecular complexity index is 1660. The van der Waals surface area contributed by atoms with E-state index in [-0.39, 0.29) is 21.6 Å². The number of hydrogen-bond acceptors (Lipinski definition) is 8. The number of nitrogens with two attached hydrogens (primary N) is 1. The number of nitrogens with one attached hydrogen (secondary N) is 3. The second-order valence-corrected chi connectivity index (χ2v) is 10.3. The molecule has 0 aliphatic heterocycles. The molecule has 4 rings (SSSR count). The van der Waals surface area contributed by atoms with Crippen LogP contribution in [0, 0.1) is 0 Å². The summed E-state index contributed by atoms with van der Waals surface area (Å²) >= 11 is 6.33. The number of carbonyl (C=O) groups is 1. The molecule has 1 aromatic heterocycles. The van der Waals surface area contributed by atoms with Crippen molar-refractivity contribution in [1.82, 2.24) is 9.97 Å². The molecule has 0 saturated heterocycles. The number of halogens is 4. The first kappa shape index (κ1) is 29.4. The zero-order valence-electron chi connectivity index (χ0n) is 21.0. The molecule has 41 heavy (non-hydrogen) atoms. The van der Waals surface area contributed by atoms with Crippen LogP contribution in [0.2, 0.25) is 5.02 Å². The summed E-state index contributed by atoms with van der Waals surface area (Å²) in [6, 6.07) is 16.6. The molecule has 16 heteroatoms. The number of hydrogen-bond donors (Lipinski definition) is 4. The van der Waals surface area contributed by atoms with Gasteiger partial charge in [-0.05, 0) is 66.7 Å². The van der Waals surface area contributed by atoms with Gasteiger partial charge in [0.1, 0.15) is 10.8 Å². The molecule has 11 nitrogen and oxygen atoms in total. The van der Waals surface area contributed by atoms with E-state index in [9.17, 15) is 26.4 Å². The number of alkyl halides is 3. The fraction of sp³-hybridized carbons (Fsp3) is 0.0800. The molecule has 0 fully saturated rings. The van der Waals surface area contributed by atoms with Crippen molar-refractivity contribution in [2.75, 3.05) is 27.9 Å². The van der Waals surface area contributed by atoms with Gasteiger partial charge in [-0.1, -0.05) is 17.7 Å². The second kappa shape index (κ2) is 11.9. The van der Waals surface area contributed by atoms with Crippen molar-refractivity contribution < 1.29 is 31.1 Å². The smallest absolute Gasteiger partial charge is 0.406 e. The molecule has 3 aromatic carbocycles. The van der Waals surface area contributed by atoms with Gasteiger partial charge in [-0.2, -0.15) is 4.98 Å². The number of amides is 2. The number of urea groups is 1. The lowest BCUT2D eigenvalue weighted by Crippen LogP contribution is -2.20. The molecule has 0 aliphatic carbocycles. The van der Waals surface area contributed by atoms with Crippen molar-refractivity contribution in [3.63, 3.8) is 0 Å². The fourth-order valence-electron chi connectivity index (χ4n) is 3.46. The van der Waals surface area contributed by atoms with Crippen molar-refractivity contribution in [2.45, 2.75) is 11.3 Å². The minimum absolute atomic E-state index is 0.0791. The molecule has 0 radical (unpaired) electrons. The van der Waals surface area contributed by atoms with Crippen LogP contribution in [0.3, 0.4) is 0 Å². The average Bonchev–Trinajstić information content (AvgIpc) is 2.90. The molecule has 0 unspecified atom stereocenters. The van der Waals surface area contributed by atoms with Crippen LogP contribution in [0.5, 0.6) is 5.75 Å². The van der Waals surface area contributed by atoms with Gasteiger partial charge in [0.25, 0.3) is 0 Å². The van der Waals surface area contributed by atoms with Crippen LogP contribution in [-0.4, -0.2) is 37.8 Å². The molecule has 0 spiro atoms. The summed E-state index contributed by atoms with van der Waals surface area (Å²) in [6.07, 6.45) is -3.43. The van der Waals surface area contributed by atoms with Crippen molar-refractivity contribution in [3.05, 3.63) is 84.0 Å². The van der Waals surface area contributed by atoms with Crippen molar-refractivity contribution in [3.8, 4) is 5.75 Å². The summed E-state index contributed by atoms with van der Waals surface area (Å²) in [6.45, 7) is 0. The summed E-state index contributed by atoms with van der Waals surface area (Å²) in [5, 5.41) is 13.5. The highest BCUT2D eigenvalue weighted by Gasteiger charge is 2.31. The SMILES string of the molecule is CN(c1ccc(NC(=O)Nc2ccc(OC(F)(F)F)cc2)cc1)c1nc(Nc2cccc(S(N)(=O)=O)c2)ncc1Cl. The largest absolute Gasteiger partial charge is 0.573 e. The Morgan fingerprint density at radius 3 is 2.17 bits per heavy atom. The van der Waals surface area contributed by atoms with Gasteiger partial charge in [0.05, 0.1) is 11.1 Å². The molecule has 214 valence electrons. The number of carbonyl (C=O) groups excluding carboxylic acids is 1. The third-order valence-corrected chi connectivity index (χ3v) is 6.50. The van der Waals surface area contributed by atoms with Gasteiger partial charge in [0, 0.05) is 29.8 Å². The molecule has 5 N–H and O–H groups in total. The van der Waals surface area contributed by atoms with Crippen LogP contribution in [-0.2, 0) is 10.0 Å². The Balaban J connectivity index is 1.40. The van der Waals surface area contributed by atoms with Crippen LogP contribution < -0.4 is 30.7 Å². The van der Waals surface area contributed by atoms with E-state index in [1.54, 1.807) is 42.3 Å². The molecular formula is C25H21ClF3N7O4S. The van der Waals surface area contributed by atoms with E-state index in [0.717, 1.165) is 12.1 Å². The molecular weight excluding hydrogens is 587 g/mol. The number of ether oxygens (including phenoxy) is 1. The Morgan fingerprint density at radius 2 is 1.59 bits per heavy atom. The van der Waals surface area contributed by atoms with E-state index in [1.165, 1.54) is 36.5 Å². The standard InChI is InChI=1S/C25H21ClF3N7O4S/c1-36(22-21(26)14-31-23(35-22)32-17-3-2-4-20(13-17)41(30,38)39)18-9-5-15(6-10-18)33-24(37)34-16-7-11-19(12-8-16)40-25(27,28)29/h2-14H,1H3,(H2,30,38,39)(H,31,32,35)(H2,33,34,37). The van der Waals surface area contributed by atoms with E-state index in [0.29, 0.717) is 22.9 Å². The monoisotopic (exact) mass is 607 g/mol. The van der Waals surface area contributed by atoms with Crippen LogP contribution in [0.4, 0.5) is 52.5 Å². The van der Waals surface area contributed by atoms with Crippen molar-refractivity contribution in [1.29, 1.82) is 0 Å². The van der Waals surface area contributed by atoms with Crippen LogP contribution in [0.25, 0.3) is 0 Å². The maximum absolute atomic E-state index is 12.3. The van der Waals surface area contributed by atoms with E-state index < -0.39 is 28.2 Å². The second-order valence-electron chi connectivity index (χ2n) is 8.32. The van der Waals surface area contributed by atoms with Crippen LogP contribution in [0.15, 0.2) is 83.9 Å². The minimum atomic E-state index is -4.81. The number of anilines is 6. The summed E-state index contributed by atoms with van der Waals surface area (Å²) < 4.78 is 63.9. The Kier molecular flexibility index (Phi) is 8.51. The van der Waals surface area contributed by atoms with Gasteiger partial charge in [-0.25, -0.2) is 23.3 Å². The van der Waals surface area contributed by atoms with E-state index >= 15 is 0 Å². The highest BCUT2D eigenvalue weighted by atomic mass is 35.5. The number of primary sulfonamides is 1. The molecule has 4 aromatic rings. The van der Waals surface area contributed by atoms with Crippen molar-refractivity contribution >= 4 is 62.2 Å². The number of sulfonamides is 1. The molecule has 0 atom stereocenters. The van der Waals surface area contributed by atoms with Gasteiger partial charge < -0.3 is 25.6 Å². The molecule has 1 heterocycles. The fourth-order valence-corrected chi connectivity index (χ4v) is 4.23. The summed E-state index contributed by atoms with van der Waals surface area (Å²) in [5.74, 6) is 0.0741. The highest BCUT2D eigenvalue weighted by Crippen LogP contribution is 2.31. The first-order valence-corrected chi connectivity index (χ1v) is 13.4. The zero-order valence-corrected chi connectivity index (χ0v) is 22.6. The topological polar surface area (TPSA) is 152 Å². The Hall–Kier alpha value is -4.60. The summed E-state index contributed by atoms with van der Waals surface area (Å²) in [7, 11) is -2.19. The number of aromatic nitrogens is 2. The van der Waals surface area contributed by atoms with Gasteiger partial charge >= 0.3 is 12.4 Å². The van der Waals surface area contributed by atoms with Gasteiger partial charge in [-0.15, -0.1) is 13.2 Å². The van der Waals surface area contributed by atoms with Gasteiger partial charge in [0.2, 0.25) is 16.0 Å². The number of benzene rings is 3. The first-order valence-electron chi connectivity index (χ1n) is 11.5. The average molecular weight is 608 g/mol. The quantitative estimate of drug-likeness (QED) is 0.195. The Labute approximate surface area is 237 Å². The molecule has 0 bridgehead atoms. The number of rotatable bonds is 8. The first-order chi connectivity index (χ1) is 19.3. The highest BCUT2D eigenvalue weighted by molar-refractivity contribution is 7.89. The normalized spacial score (nSPS) is 11.5.